The van der Waals surface area contributed by atoms with Crippen molar-refractivity contribution in [2.24, 2.45) is 5.73 Å². The molecule has 1 aromatic rings. The molecule has 4 nitrogen and oxygen atoms in total. The molecule has 4 heteroatoms. The average Bonchev–Trinajstić information content (AvgIpc) is 2.43. The maximum Gasteiger partial charge on any atom is 0.226 e. The molecule has 19 heavy (non-hydrogen) atoms. The van der Waals surface area contributed by atoms with E-state index in [4.69, 9.17) is 10.5 Å². The largest absolute Gasteiger partial charge is 0.497 e. The summed E-state index contributed by atoms with van der Waals surface area (Å²) in [6.07, 6.45) is 2.24. The van der Waals surface area contributed by atoms with Gasteiger partial charge in [0.1, 0.15) is 5.75 Å². The number of nitrogens with zero attached hydrogens (tertiary/aromatic N) is 1. The Morgan fingerprint density at radius 1 is 1.37 bits per heavy atom. The Labute approximate surface area is 115 Å². The molecule has 1 amide bonds. The number of nitrogens with two attached hydrogens (primary N) is 1. The molecule has 0 spiro atoms. The van der Waals surface area contributed by atoms with Gasteiger partial charge in [-0.25, -0.2) is 0 Å². The number of rotatable bonds is 8. The fourth-order valence-electron chi connectivity index (χ4n) is 1.98. The number of carbonyl (C=O) groups is 1. The lowest BCUT2D eigenvalue weighted by atomic mass is 10.1. The normalized spacial score (nSPS) is 10.3. The fourth-order valence-corrected chi connectivity index (χ4v) is 1.98. The first-order chi connectivity index (χ1) is 9.21. The Balaban J connectivity index is 2.63. The summed E-state index contributed by atoms with van der Waals surface area (Å²) in [5.41, 5.74) is 6.49. The van der Waals surface area contributed by atoms with Gasteiger partial charge in [0.2, 0.25) is 5.91 Å². The van der Waals surface area contributed by atoms with E-state index in [1.807, 2.05) is 29.2 Å². The topological polar surface area (TPSA) is 55.6 Å². The van der Waals surface area contributed by atoms with Gasteiger partial charge in [-0.3, -0.25) is 4.79 Å². The number of amides is 1. The molecule has 0 unspecified atom stereocenters. The molecule has 0 aliphatic heterocycles. The molecular weight excluding hydrogens is 240 g/mol. The van der Waals surface area contributed by atoms with Gasteiger partial charge in [0.25, 0.3) is 0 Å². The van der Waals surface area contributed by atoms with E-state index in [-0.39, 0.29) is 5.91 Å². The van der Waals surface area contributed by atoms with Crippen LogP contribution >= 0.6 is 0 Å². The third-order valence-electron chi connectivity index (χ3n) is 2.97. The molecule has 0 bridgehead atoms. The van der Waals surface area contributed by atoms with Gasteiger partial charge in [-0.2, -0.15) is 0 Å². The third-order valence-corrected chi connectivity index (χ3v) is 2.97. The number of ether oxygens (including phenoxy) is 1. The van der Waals surface area contributed by atoms with Crippen LogP contribution in [0.25, 0.3) is 0 Å². The summed E-state index contributed by atoms with van der Waals surface area (Å²) in [4.78, 5) is 14.1. The van der Waals surface area contributed by atoms with E-state index in [9.17, 15) is 4.79 Å². The number of methoxy groups -OCH3 is 1. The van der Waals surface area contributed by atoms with Gasteiger partial charge in [-0.1, -0.05) is 19.1 Å². The molecule has 0 aliphatic carbocycles. The quantitative estimate of drug-likeness (QED) is 0.779. The molecule has 106 valence electrons. The first kappa shape index (κ1) is 15.5. The van der Waals surface area contributed by atoms with E-state index in [0.29, 0.717) is 13.0 Å². The van der Waals surface area contributed by atoms with E-state index >= 15 is 0 Å². The van der Waals surface area contributed by atoms with E-state index in [1.165, 1.54) is 0 Å². The molecule has 0 fully saturated rings. The molecule has 0 atom stereocenters. The molecule has 2 N–H and O–H groups in total. The summed E-state index contributed by atoms with van der Waals surface area (Å²) in [7, 11) is 1.63. The SMILES string of the molecule is CCCN(CCCN)C(=O)Cc1cccc(OC)c1. The van der Waals surface area contributed by atoms with Crippen molar-refractivity contribution in [1.29, 1.82) is 0 Å². The first-order valence-corrected chi connectivity index (χ1v) is 6.82. The van der Waals surface area contributed by atoms with Crippen LogP contribution in [-0.4, -0.2) is 37.6 Å². The van der Waals surface area contributed by atoms with Gasteiger partial charge in [-0.15, -0.1) is 0 Å². The van der Waals surface area contributed by atoms with E-state index in [2.05, 4.69) is 6.92 Å². The highest BCUT2D eigenvalue weighted by Crippen LogP contribution is 2.14. The van der Waals surface area contributed by atoms with Crippen LogP contribution in [0, 0.1) is 0 Å². The van der Waals surface area contributed by atoms with Gasteiger partial charge >= 0.3 is 0 Å². The number of carbonyl (C=O) groups excluding carboxylic acids is 1. The average molecular weight is 264 g/mol. The predicted octanol–water partition coefficient (Wildman–Crippen LogP) is 1.83. The Morgan fingerprint density at radius 2 is 2.16 bits per heavy atom. The van der Waals surface area contributed by atoms with Gasteiger partial charge in [-0.05, 0) is 37.1 Å². The molecule has 1 rings (SSSR count). The monoisotopic (exact) mass is 264 g/mol. The minimum atomic E-state index is 0.156. The van der Waals surface area contributed by atoms with Crippen LogP contribution in [0.3, 0.4) is 0 Å². The highest BCUT2D eigenvalue weighted by molar-refractivity contribution is 5.78. The zero-order chi connectivity index (χ0) is 14.1. The van der Waals surface area contributed by atoms with Gasteiger partial charge in [0.15, 0.2) is 0 Å². The van der Waals surface area contributed by atoms with Crippen LogP contribution in [0.5, 0.6) is 5.75 Å². The van der Waals surface area contributed by atoms with Crippen molar-refractivity contribution in [3.05, 3.63) is 29.8 Å². The van der Waals surface area contributed by atoms with Crippen LogP contribution in [0.4, 0.5) is 0 Å². The van der Waals surface area contributed by atoms with Crippen molar-refractivity contribution in [2.45, 2.75) is 26.2 Å². The maximum atomic E-state index is 12.3. The third kappa shape index (κ3) is 5.30. The number of hydrogen-bond acceptors (Lipinski definition) is 3. The molecule has 0 radical (unpaired) electrons. The van der Waals surface area contributed by atoms with Crippen LogP contribution < -0.4 is 10.5 Å². The van der Waals surface area contributed by atoms with Crippen LogP contribution in [0.1, 0.15) is 25.3 Å². The second kappa shape index (κ2) is 8.53. The van der Waals surface area contributed by atoms with Crippen molar-refractivity contribution in [2.75, 3.05) is 26.7 Å². The molecule has 0 aliphatic rings. The zero-order valence-electron chi connectivity index (χ0n) is 11.9. The molecule has 1 aromatic carbocycles. The van der Waals surface area contributed by atoms with E-state index < -0.39 is 0 Å². The highest BCUT2D eigenvalue weighted by Gasteiger charge is 2.12. The van der Waals surface area contributed by atoms with Gasteiger partial charge < -0.3 is 15.4 Å². The Bertz CT molecular complexity index is 393. The number of hydrogen-bond donors (Lipinski definition) is 1. The molecule has 0 saturated heterocycles. The summed E-state index contributed by atoms with van der Waals surface area (Å²) in [5.74, 6) is 0.942. The van der Waals surface area contributed by atoms with Crippen LogP contribution in [0.2, 0.25) is 0 Å². The summed E-state index contributed by atoms with van der Waals surface area (Å²) in [6.45, 7) is 4.23. The van der Waals surface area contributed by atoms with Crippen molar-refractivity contribution in [1.82, 2.24) is 4.90 Å². The Hall–Kier alpha value is -1.55. The second-order valence-corrected chi connectivity index (χ2v) is 4.55. The van der Waals surface area contributed by atoms with Gasteiger partial charge in [0, 0.05) is 13.1 Å². The number of benzene rings is 1. The molecular formula is C15H24N2O2. The summed E-state index contributed by atoms with van der Waals surface area (Å²) in [5, 5.41) is 0. The Morgan fingerprint density at radius 3 is 2.79 bits per heavy atom. The van der Waals surface area contributed by atoms with E-state index in [1.54, 1.807) is 7.11 Å². The smallest absolute Gasteiger partial charge is 0.226 e. The van der Waals surface area contributed by atoms with Crippen molar-refractivity contribution >= 4 is 5.91 Å². The standard InChI is InChI=1S/C15H24N2O2/c1-3-9-17(10-5-8-16)15(18)12-13-6-4-7-14(11-13)19-2/h4,6-7,11H,3,5,8-10,12,16H2,1-2H3. The minimum absolute atomic E-state index is 0.156. The van der Waals surface area contributed by atoms with Crippen LogP contribution in [-0.2, 0) is 11.2 Å². The van der Waals surface area contributed by atoms with Crippen molar-refractivity contribution < 1.29 is 9.53 Å². The fraction of sp³-hybridized carbons (Fsp3) is 0.533. The van der Waals surface area contributed by atoms with E-state index in [0.717, 1.165) is 37.2 Å². The lowest BCUT2D eigenvalue weighted by Gasteiger charge is -2.22. The zero-order valence-corrected chi connectivity index (χ0v) is 11.9. The Kier molecular flexibility index (Phi) is 6.97. The molecule has 0 heterocycles. The summed E-state index contributed by atoms with van der Waals surface area (Å²) in [6, 6.07) is 7.65. The lowest BCUT2D eigenvalue weighted by molar-refractivity contribution is -0.130. The lowest BCUT2D eigenvalue weighted by Crippen LogP contribution is -2.34. The van der Waals surface area contributed by atoms with Crippen LogP contribution in [0.15, 0.2) is 24.3 Å². The van der Waals surface area contributed by atoms with Gasteiger partial charge in [0.05, 0.1) is 13.5 Å². The van der Waals surface area contributed by atoms with Crippen molar-refractivity contribution in [3.8, 4) is 5.75 Å². The van der Waals surface area contributed by atoms with Crippen molar-refractivity contribution in [3.63, 3.8) is 0 Å². The summed E-state index contributed by atoms with van der Waals surface area (Å²) >= 11 is 0. The maximum absolute atomic E-state index is 12.3. The highest BCUT2D eigenvalue weighted by atomic mass is 16.5. The first-order valence-electron chi connectivity index (χ1n) is 6.82. The second-order valence-electron chi connectivity index (χ2n) is 4.55. The predicted molar refractivity (Wildman–Crippen MR) is 77.2 cm³/mol. The summed E-state index contributed by atoms with van der Waals surface area (Å²) < 4.78 is 5.17. The molecule has 0 saturated carbocycles. The molecule has 0 aromatic heterocycles. The minimum Gasteiger partial charge on any atom is -0.497 e.